The van der Waals surface area contributed by atoms with Gasteiger partial charge in [0.05, 0.1) is 27.4 Å². The third-order valence-electron chi connectivity index (χ3n) is 6.82. The molecule has 0 aliphatic heterocycles. The summed E-state index contributed by atoms with van der Waals surface area (Å²) in [6, 6.07) is 18.3. The molecule has 4 aromatic carbocycles. The molecule has 6 rings (SSSR count). The van der Waals surface area contributed by atoms with Crippen LogP contribution in [0.1, 0.15) is 36.1 Å². The summed E-state index contributed by atoms with van der Waals surface area (Å²) in [5.74, 6) is 3.80. The monoisotopic (exact) mass is 496 g/mol. The predicted molar refractivity (Wildman–Crippen MR) is 149 cm³/mol. The van der Waals surface area contributed by atoms with Crippen LogP contribution in [0, 0.1) is 0 Å². The molecule has 0 amide bonds. The molecule has 0 atom stereocenters. The Morgan fingerprint density at radius 2 is 1.30 bits per heavy atom. The van der Waals surface area contributed by atoms with E-state index in [9.17, 15) is 5.11 Å². The first-order valence-electron chi connectivity index (χ1n) is 12.6. The summed E-state index contributed by atoms with van der Waals surface area (Å²) >= 11 is 0. The first-order chi connectivity index (χ1) is 18.1. The number of benzene rings is 4. The average molecular weight is 497 g/mol. The van der Waals surface area contributed by atoms with Crippen LogP contribution < -0.4 is 9.47 Å². The Morgan fingerprint density at radius 1 is 0.703 bits per heavy atom. The number of hydrogen-bond donors (Lipinski definition) is 1. The normalized spacial score (nSPS) is 13.3. The average Bonchev–Trinajstić information content (AvgIpc) is 2.93. The van der Waals surface area contributed by atoms with E-state index >= 15 is 0 Å². The molecule has 1 N–H and O–H groups in total. The smallest absolute Gasteiger partial charge is 0.130 e. The van der Waals surface area contributed by atoms with Gasteiger partial charge < -0.3 is 24.1 Å². The van der Waals surface area contributed by atoms with E-state index in [2.05, 4.69) is 36.4 Å². The van der Waals surface area contributed by atoms with E-state index in [1.165, 1.54) is 21.9 Å². The van der Waals surface area contributed by atoms with Crippen LogP contribution in [0.2, 0.25) is 0 Å². The number of phenolic OH excluding ortho intramolecular Hbond substituents is 1. The van der Waals surface area contributed by atoms with Crippen molar-refractivity contribution in [2.75, 3.05) is 27.4 Å². The molecule has 0 unspecified atom stereocenters. The molecule has 2 aliphatic rings. The van der Waals surface area contributed by atoms with Crippen molar-refractivity contribution in [3.05, 3.63) is 88.4 Å². The topological polar surface area (TPSA) is 57.2 Å². The molecule has 2 aliphatic carbocycles. The number of methoxy groups -OCH3 is 2. The van der Waals surface area contributed by atoms with Gasteiger partial charge in [-0.05, 0) is 54.1 Å². The highest BCUT2D eigenvalue weighted by atomic mass is 16.5. The Hall–Kier alpha value is -4.12. The van der Waals surface area contributed by atoms with E-state index < -0.39 is 0 Å². The molecule has 0 aromatic heterocycles. The van der Waals surface area contributed by atoms with Crippen LogP contribution in [0.15, 0.2) is 66.1 Å². The molecule has 5 heteroatoms. The third kappa shape index (κ3) is 4.57. The van der Waals surface area contributed by atoms with Crippen LogP contribution in [0.5, 0.6) is 17.2 Å². The van der Waals surface area contributed by atoms with Crippen molar-refractivity contribution in [1.29, 1.82) is 0 Å². The van der Waals surface area contributed by atoms with Crippen molar-refractivity contribution in [1.82, 2.24) is 0 Å². The minimum absolute atomic E-state index is 0.234. The maximum atomic E-state index is 10.2. The standard InChI is InChI=1S/C16H16O3.C16H16O2/c1-3-19-15-9-14(17)13-8-11(18-2)7-10-5-4-6-12(15)16(10)13;1-3-18-15-8-7-12-10-13(17-2)9-11-5-4-6-14(15)16(11)12/h4-6,8-9,17H,3,7H2,1-2H3;4-8,10H,3,9H2,1-2H3. The highest BCUT2D eigenvalue weighted by molar-refractivity contribution is 6.01. The zero-order chi connectivity index (χ0) is 25.9. The summed E-state index contributed by atoms with van der Waals surface area (Å²) in [6.07, 6.45) is 5.62. The van der Waals surface area contributed by atoms with E-state index in [-0.39, 0.29) is 5.75 Å². The Balaban J connectivity index is 0.000000152. The van der Waals surface area contributed by atoms with Gasteiger partial charge in [-0.1, -0.05) is 42.5 Å². The van der Waals surface area contributed by atoms with E-state index in [1.54, 1.807) is 20.3 Å². The molecule has 190 valence electrons. The molecule has 37 heavy (non-hydrogen) atoms. The molecule has 0 radical (unpaired) electrons. The Kier molecular flexibility index (Phi) is 6.95. The maximum Gasteiger partial charge on any atom is 0.130 e. The van der Waals surface area contributed by atoms with Gasteiger partial charge >= 0.3 is 0 Å². The molecule has 0 fully saturated rings. The highest BCUT2D eigenvalue weighted by Crippen LogP contribution is 2.41. The Morgan fingerprint density at radius 3 is 1.95 bits per heavy atom. The fraction of sp³-hybridized carbons (Fsp3) is 0.250. The van der Waals surface area contributed by atoms with Crippen molar-refractivity contribution in [3.63, 3.8) is 0 Å². The van der Waals surface area contributed by atoms with Crippen LogP contribution in [0.3, 0.4) is 0 Å². The predicted octanol–water partition coefficient (Wildman–Crippen LogP) is 7.27. The number of rotatable bonds is 6. The second kappa shape index (κ2) is 10.5. The van der Waals surface area contributed by atoms with Gasteiger partial charge in [0, 0.05) is 40.6 Å². The quantitative estimate of drug-likeness (QED) is 0.304. The molecular weight excluding hydrogens is 464 g/mol. The summed E-state index contributed by atoms with van der Waals surface area (Å²) < 4.78 is 22.0. The van der Waals surface area contributed by atoms with Crippen LogP contribution in [-0.2, 0) is 22.3 Å². The lowest BCUT2D eigenvalue weighted by Gasteiger charge is -2.20. The van der Waals surface area contributed by atoms with E-state index in [0.717, 1.165) is 57.8 Å². The number of allylic oxidation sites excluding steroid dienone is 2. The minimum atomic E-state index is 0.234. The first-order valence-corrected chi connectivity index (χ1v) is 12.6. The molecule has 0 saturated carbocycles. The molecule has 0 saturated heterocycles. The molecule has 0 spiro atoms. The van der Waals surface area contributed by atoms with Crippen LogP contribution in [0.4, 0.5) is 0 Å². The first kappa shape index (κ1) is 24.6. The van der Waals surface area contributed by atoms with Crippen molar-refractivity contribution in [3.8, 4) is 17.2 Å². The van der Waals surface area contributed by atoms with Gasteiger partial charge in [-0.2, -0.15) is 0 Å². The van der Waals surface area contributed by atoms with Crippen LogP contribution >= 0.6 is 0 Å². The number of ether oxygens (including phenoxy) is 4. The van der Waals surface area contributed by atoms with E-state index in [0.29, 0.717) is 13.2 Å². The highest BCUT2D eigenvalue weighted by Gasteiger charge is 2.20. The zero-order valence-corrected chi connectivity index (χ0v) is 21.8. The lowest BCUT2D eigenvalue weighted by Crippen LogP contribution is -2.02. The molecule has 5 nitrogen and oxygen atoms in total. The van der Waals surface area contributed by atoms with Gasteiger partial charge in [0.15, 0.2) is 0 Å². The van der Waals surface area contributed by atoms with Gasteiger partial charge in [-0.15, -0.1) is 0 Å². The summed E-state index contributed by atoms with van der Waals surface area (Å²) in [5.41, 5.74) is 4.50. The largest absolute Gasteiger partial charge is 0.507 e. The molecule has 4 aromatic rings. The Bertz CT molecular complexity index is 1530. The van der Waals surface area contributed by atoms with Gasteiger partial charge in [0.2, 0.25) is 0 Å². The molecular formula is C32H32O5. The van der Waals surface area contributed by atoms with Crippen molar-refractivity contribution >= 4 is 33.7 Å². The summed E-state index contributed by atoms with van der Waals surface area (Å²) in [4.78, 5) is 0. The van der Waals surface area contributed by atoms with Gasteiger partial charge in [0.25, 0.3) is 0 Å². The number of aromatic hydroxyl groups is 1. The minimum Gasteiger partial charge on any atom is -0.507 e. The molecule has 0 heterocycles. The molecule has 0 bridgehead atoms. The summed E-state index contributed by atoms with van der Waals surface area (Å²) in [7, 11) is 3.38. The number of hydrogen-bond acceptors (Lipinski definition) is 5. The van der Waals surface area contributed by atoms with Crippen LogP contribution in [0.25, 0.3) is 33.7 Å². The summed E-state index contributed by atoms with van der Waals surface area (Å²) in [6.45, 7) is 5.23. The van der Waals surface area contributed by atoms with E-state index in [4.69, 9.17) is 18.9 Å². The van der Waals surface area contributed by atoms with Gasteiger partial charge in [-0.25, -0.2) is 0 Å². The SMILES string of the molecule is CCOc1cc(O)c2c3c(cccc13)CC(OC)=C2.CCOc1ccc2c3c(cccc13)CC(OC)=C2. The van der Waals surface area contributed by atoms with E-state index in [1.807, 2.05) is 38.1 Å². The third-order valence-corrected chi connectivity index (χ3v) is 6.82. The van der Waals surface area contributed by atoms with Gasteiger partial charge in [-0.3, -0.25) is 0 Å². The van der Waals surface area contributed by atoms with Crippen molar-refractivity contribution < 1.29 is 24.1 Å². The van der Waals surface area contributed by atoms with Gasteiger partial charge in [0.1, 0.15) is 28.8 Å². The van der Waals surface area contributed by atoms with Crippen molar-refractivity contribution in [2.24, 2.45) is 0 Å². The Labute approximate surface area is 217 Å². The summed E-state index contributed by atoms with van der Waals surface area (Å²) in [5, 5.41) is 14.8. The van der Waals surface area contributed by atoms with Crippen LogP contribution in [-0.4, -0.2) is 32.5 Å². The van der Waals surface area contributed by atoms with Crippen molar-refractivity contribution in [2.45, 2.75) is 26.7 Å². The maximum absolute atomic E-state index is 10.2. The fourth-order valence-electron chi connectivity index (χ4n) is 5.21. The second-order valence-corrected chi connectivity index (χ2v) is 8.99. The lowest BCUT2D eigenvalue weighted by molar-refractivity contribution is 0.287. The number of phenols is 1. The fourth-order valence-corrected chi connectivity index (χ4v) is 5.21. The second-order valence-electron chi connectivity index (χ2n) is 8.99. The zero-order valence-electron chi connectivity index (χ0n) is 21.8. The lowest BCUT2D eigenvalue weighted by atomic mass is 9.91.